The first-order valence-corrected chi connectivity index (χ1v) is 12.5. The van der Waals surface area contributed by atoms with Crippen molar-refractivity contribution in [2.45, 2.75) is 39.0 Å². The zero-order valence-electron chi connectivity index (χ0n) is 18.9. The minimum Gasteiger partial charge on any atom is -0.493 e. The summed E-state index contributed by atoms with van der Waals surface area (Å²) in [5.41, 5.74) is 0.955. The average molecular weight is 478 g/mol. The van der Waals surface area contributed by atoms with Crippen molar-refractivity contribution < 1.29 is 17.9 Å². The number of carbonyl (C=O) groups is 1. The molecule has 0 atom stereocenters. The van der Waals surface area contributed by atoms with Crippen molar-refractivity contribution in [1.29, 1.82) is 0 Å². The molecule has 2 N–H and O–H groups in total. The lowest BCUT2D eigenvalue weighted by molar-refractivity contribution is 0.0973. The van der Waals surface area contributed by atoms with Crippen LogP contribution in [0.4, 0.5) is 5.69 Å². The van der Waals surface area contributed by atoms with Gasteiger partial charge in [0, 0.05) is 18.8 Å². The normalized spacial score (nSPS) is 11.4. The van der Waals surface area contributed by atoms with Crippen LogP contribution >= 0.6 is 12.2 Å². The Hall–Kier alpha value is -2.49. The van der Waals surface area contributed by atoms with Gasteiger partial charge < -0.3 is 10.1 Å². The number of thiocarbonyl (C=S) groups is 1. The fourth-order valence-electron chi connectivity index (χ4n) is 2.94. The Balaban J connectivity index is 2.02. The lowest BCUT2D eigenvalue weighted by atomic mass is 10.1. The van der Waals surface area contributed by atoms with Crippen molar-refractivity contribution in [1.82, 2.24) is 9.62 Å². The molecule has 0 heterocycles. The van der Waals surface area contributed by atoms with Gasteiger partial charge in [0.15, 0.2) is 5.11 Å². The molecule has 2 aromatic carbocycles. The van der Waals surface area contributed by atoms with Gasteiger partial charge in [-0.1, -0.05) is 39.8 Å². The molecule has 0 aliphatic carbocycles. The summed E-state index contributed by atoms with van der Waals surface area (Å²) in [5.74, 6) is 0.615. The maximum absolute atomic E-state index is 12.7. The highest BCUT2D eigenvalue weighted by molar-refractivity contribution is 7.89. The molecule has 0 saturated heterocycles. The van der Waals surface area contributed by atoms with E-state index >= 15 is 0 Å². The van der Waals surface area contributed by atoms with E-state index in [4.69, 9.17) is 17.0 Å². The van der Waals surface area contributed by atoms with E-state index in [-0.39, 0.29) is 15.9 Å². The minimum absolute atomic E-state index is 0.103. The summed E-state index contributed by atoms with van der Waals surface area (Å²) in [4.78, 5) is 12.9. The van der Waals surface area contributed by atoms with Crippen LogP contribution in [0.15, 0.2) is 53.4 Å². The van der Waals surface area contributed by atoms with Crippen LogP contribution in [0.25, 0.3) is 0 Å². The number of sulfonamides is 1. The molecule has 174 valence electrons. The fraction of sp³-hybridized carbons (Fsp3) is 0.391. The van der Waals surface area contributed by atoms with Gasteiger partial charge in [-0.05, 0) is 61.0 Å². The van der Waals surface area contributed by atoms with Crippen molar-refractivity contribution in [2.75, 3.05) is 25.0 Å². The van der Waals surface area contributed by atoms with E-state index < -0.39 is 10.0 Å². The number of amides is 1. The number of hydrogen-bond donors (Lipinski definition) is 2. The smallest absolute Gasteiger partial charge is 0.261 e. The maximum Gasteiger partial charge on any atom is 0.261 e. The summed E-state index contributed by atoms with van der Waals surface area (Å²) in [7, 11) is -3.53. The van der Waals surface area contributed by atoms with Gasteiger partial charge in [0.2, 0.25) is 10.0 Å². The number of benzene rings is 2. The number of ether oxygens (including phenoxy) is 1. The zero-order chi connectivity index (χ0) is 23.7. The highest BCUT2D eigenvalue weighted by atomic mass is 32.2. The number of rotatable bonds is 10. The van der Waals surface area contributed by atoms with Gasteiger partial charge in [0.05, 0.1) is 17.1 Å². The highest BCUT2D eigenvalue weighted by Gasteiger charge is 2.21. The first kappa shape index (κ1) is 25.8. The van der Waals surface area contributed by atoms with E-state index in [1.54, 1.807) is 44.2 Å². The Morgan fingerprint density at radius 1 is 1.06 bits per heavy atom. The average Bonchev–Trinajstić information content (AvgIpc) is 2.74. The molecule has 0 bridgehead atoms. The Bertz CT molecular complexity index is 1020. The molecule has 0 spiro atoms. The molecule has 1 amide bonds. The van der Waals surface area contributed by atoms with E-state index in [9.17, 15) is 13.2 Å². The predicted molar refractivity (Wildman–Crippen MR) is 132 cm³/mol. The summed E-state index contributed by atoms with van der Waals surface area (Å²) in [6.45, 7) is 9.13. The summed E-state index contributed by atoms with van der Waals surface area (Å²) >= 11 is 5.25. The number of nitrogens with one attached hydrogen (secondary N) is 2. The van der Waals surface area contributed by atoms with Gasteiger partial charge in [-0.25, -0.2) is 8.42 Å². The van der Waals surface area contributed by atoms with Crippen LogP contribution in [0.1, 0.15) is 44.5 Å². The SMILES string of the molecule is CCN(CC)S(=O)(=O)c1ccc(NC(=S)NC(=O)c2ccccc2OCCC(C)C)cc1. The largest absolute Gasteiger partial charge is 0.493 e. The van der Waals surface area contributed by atoms with Crippen molar-refractivity contribution >= 4 is 38.9 Å². The molecule has 7 nitrogen and oxygen atoms in total. The van der Waals surface area contributed by atoms with Gasteiger partial charge in [0.25, 0.3) is 5.91 Å². The highest BCUT2D eigenvalue weighted by Crippen LogP contribution is 2.20. The Morgan fingerprint density at radius 3 is 2.28 bits per heavy atom. The van der Waals surface area contributed by atoms with E-state index in [1.165, 1.54) is 16.4 Å². The van der Waals surface area contributed by atoms with E-state index in [0.717, 1.165) is 6.42 Å². The lowest BCUT2D eigenvalue weighted by Gasteiger charge is -2.18. The van der Waals surface area contributed by atoms with E-state index in [0.29, 0.717) is 42.6 Å². The fourth-order valence-corrected chi connectivity index (χ4v) is 4.61. The lowest BCUT2D eigenvalue weighted by Crippen LogP contribution is -2.34. The van der Waals surface area contributed by atoms with Crippen LogP contribution in [0.2, 0.25) is 0 Å². The second-order valence-corrected chi connectivity index (χ2v) is 9.90. The molecule has 0 unspecified atom stereocenters. The van der Waals surface area contributed by atoms with Crippen LogP contribution in [-0.2, 0) is 10.0 Å². The third-order valence-corrected chi connectivity index (χ3v) is 7.04. The summed E-state index contributed by atoms with van der Waals surface area (Å²) < 4.78 is 32.3. The van der Waals surface area contributed by atoms with Crippen LogP contribution in [0, 0.1) is 5.92 Å². The third kappa shape index (κ3) is 7.01. The summed E-state index contributed by atoms with van der Waals surface area (Å²) in [5, 5.41) is 5.65. The second kappa shape index (κ2) is 11.9. The topological polar surface area (TPSA) is 87.7 Å². The molecule has 2 rings (SSSR count). The molecule has 32 heavy (non-hydrogen) atoms. The molecule has 0 saturated carbocycles. The summed E-state index contributed by atoms with van der Waals surface area (Å²) in [6, 6.07) is 13.2. The molecule has 0 radical (unpaired) electrons. The second-order valence-electron chi connectivity index (χ2n) is 7.55. The minimum atomic E-state index is -3.53. The molecule has 2 aromatic rings. The number of carbonyl (C=O) groups excluding carboxylic acids is 1. The van der Waals surface area contributed by atoms with Crippen molar-refractivity contribution in [3.63, 3.8) is 0 Å². The van der Waals surface area contributed by atoms with Crippen LogP contribution in [0.5, 0.6) is 5.75 Å². The number of hydrogen-bond acceptors (Lipinski definition) is 5. The third-order valence-electron chi connectivity index (χ3n) is 4.77. The molecule has 0 aliphatic rings. The van der Waals surface area contributed by atoms with E-state index in [2.05, 4.69) is 24.5 Å². The van der Waals surface area contributed by atoms with Crippen molar-refractivity contribution in [2.24, 2.45) is 5.92 Å². The van der Waals surface area contributed by atoms with Gasteiger partial charge in [-0.2, -0.15) is 4.31 Å². The van der Waals surface area contributed by atoms with Gasteiger partial charge in [-0.3, -0.25) is 10.1 Å². The number of anilines is 1. The first-order valence-electron chi connectivity index (χ1n) is 10.6. The number of nitrogens with zero attached hydrogens (tertiary/aromatic N) is 1. The Kier molecular flexibility index (Phi) is 9.61. The van der Waals surface area contributed by atoms with Crippen LogP contribution < -0.4 is 15.4 Å². The quantitative estimate of drug-likeness (QED) is 0.497. The molecule has 9 heteroatoms. The number of para-hydroxylation sites is 1. The van der Waals surface area contributed by atoms with Gasteiger partial charge >= 0.3 is 0 Å². The van der Waals surface area contributed by atoms with Crippen LogP contribution in [0.3, 0.4) is 0 Å². The predicted octanol–water partition coefficient (Wildman–Crippen LogP) is 4.27. The van der Waals surface area contributed by atoms with Gasteiger partial charge in [0.1, 0.15) is 5.75 Å². The molecular weight excluding hydrogens is 446 g/mol. The molecule has 0 fully saturated rings. The standard InChI is InChI=1S/C23H31N3O4S2/c1-5-26(6-2)32(28,29)19-13-11-18(12-14-19)24-23(31)25-22(27)20-9-7-8-10-21(20)30-16-15-17(3)4/h7-14,17H,5-6,15-16H2,1-4H3,(H2,24,25,27,31). The first-order chi connectivity index (χ1) is 15.2. The van der Waals surface area contributed by atoms with Crippen molar-refractivity contribution in [3.8, 4) is 5.75 Å². The van der Waals surface area contributed by atoms with E-state index in [1.807, 2.05) is 6.07 Å². The molecule has 0 aliphatic heterocycles. The van der Waals surface area contributed by atoms with Gasteiger partial charge in [-0.15, -0.1) is 0 Å². The Morgan fingerprint density at radius 2 is 1.69 bits per heavy atom. The molecular formula is C23H31N3O4S2. The van der Waals surface area contributed by atoms with Crippen molar-refractivity contribution in [3.05, 3.63) is 54.1 Å². The molecule has 0 aromatic heterocycles. The Labute approximate surface area is 196 Å². The van der Waals surface area contributed by atoms with Crippen LogP contribution in [-0.4, -0.2) is 43.4 Å². The maximum atomic E-state index is 12.7. The zero-order valence-corrected chi connectivity index (χ0v) is 20.6. The summed E-state index contributed by atoms with van der Waals surface area (Å²) in [6.07, 6.45) is 0.885. The monoisotopic (exact) mass is 477 g/mol.